The van der Waals surface area contributed by atoms with E-state index in [1.807, 2.05) is 6.33 Å². The SMILES string of the molecule is CCc1nncn1CCNC(=NCCCN1CCOCC1)NC1CCCCC1. The molecule has 1 aliphatic heterocycles. The number of aliphatic imine (C=N–C) groups is 1. The maximum Gasteiger partial charge on any atom is 0.191 e. The standard InChI is InChI=1S/C20H37N7O/c1-2-19-25-23-17-27(19)12-10-22-20(24-18-7-4-3-5-8-18)21-9-6-11-26-13-15-28-16-14-26/h17-18H,2-16H2,1H3,(H2,21,22,24). The van der Waals surface area contributed by atoms with Gasteiger partial charge < -0.3 is 19.9 Å². The Labute approximate surface area is 169 Å². The Balaban J connectivity index is 1.45. The van der Waals surface area contributed by atoms with Crippen LogP contribution >= 0.6 is 0 Å². The van der Waals surface area contributed by atoms with Crippen LogP contribution in [0.2, 0.25) is 0 Å². The van der Waals surface area contributed by atoms with Crippen LogP contribution in [-0.4, -0.2) is 77.6 Å². The molecule has 0 unspecified atom stereocenters. The molecule has 1 aromatic heterocycles. The van der Waals surface area contributed by atoms with Crippen molar-refractivity contribution >= 4 is 5.96 Å². The van der Waals surface area contributed by atoms with E-state index in [0.29, 0.717) is 6.04 Å². The van der Waals surface area contributed by atoms with Crippen molar-refractivity contribution in [3.05, 3.63) is 12.2 Å². The van der Waals surface area contributed by atoms with E-state index < -0.39 is 0 Å². The smallest absolute Gasteiger partial charge is 0.191 e. The first-order chi connectivity index (χ1) is 13.8. The van der Waals surface area contributed by atoms with Gasteiger partial charge in [0.05, 0.1) is 13.2 Å². The molecule has 158 valence electrons. The number of rotatable bonds is 9. The third-order valence-corrected chi connectivity index (χ3v) is 5.61. The number of hydrogen-bond donors (Lipinski definition) is 2. The van der Waals surface area contributed by atoms with E-state index in [9.17, 15) is 0 Å². The molecule has 2 fully saturated rings. The van der Waals surface area contributed by atoms with Crippen LogP contribution in [0.1, 0.15) is 51.3 Å². The summed E-state index contributed by atoms with van der Waals surface area (Å²) in [4.78, 5) is 7.33. The monoisotopic (exact) mass is 391 g/mol. The zero-order valence-corrected chi connectivity index (χ0v) is 17.4. The summed E-state index contributed by atoms with van der Waals surface area (Å²) in [6.45, 7) is 9.57. The lowest BCUT2D eigenvalue weighted by atomic mass is 9.96. The number of nitrogens with zero attached hydrogens (tertiary/aromatic N) is 5. The Morgan fingerprint density at radius 3 is 2.82 bits per heavy atom. The fourth-order valence-electron chi connectivity index (χ4n) is 3.94. The van der Waals surface area contributed by atoms with Crippen LogP contribution in [0.5, 0.6) is 0 Å². The second-order valence-electron chi connectivity index (χ2n) is 7.74. The lowest BCUT2D eigenvalue weighted by Crippen LogP contribution is -2.45. The highest BCUT2D eigenvalue weighted by atomic mass is 16.5. The second kappa shape index (κ2) is 12.0. The minimum atomic E-state index is 0.556. The lowest BCUT2D eigenvalue weighted by molar-refractivity contribution is 0.0377. The van der Waals surface area contributed by atoms with Crippen LogP contribution in [0.25, 0.3) is 0 Å². The Hall–Kier alpha value is -1.67. The number of hydrogen-bond acceptors (Lipinski definition) is 5. The molecular weight excluding hydrogens is 354 g/mol. The van der Waals surface area contributed by atoms with Crippen molar-refractivity contribution in [1.29, 1.82) is 0 Å². The highest BCUT2D eigenvalue weighted by Crippen LogP contribution is 2.17. The largest absolute Gasteiger partial charge is 0.379 e. The molecule has 1 saturated heterocycles. The average molecular weight is 392 g/mol. The summed E-state index contributed by atoms with van der Waals surface area (Å²) < 4.78 is 7.53. The van der Waals surface area contributed by atoms with Gasteiger partial charge in [0.25, 0.3) is 0 Å². The minimum absolute atomic E-state index is 0.556. The van der Waals surface area contributed by atoms with Crippen molar-refractivity contribution in [2.24, 2.45) is 4.99 Å². The first kappa shape index (κ1) is 21.0. The van der Waals surface area contributed by atoms with Crippen molar-refractivity contribution in [1.82, 2.24) is 30.3 Å². The predicted molar refractivity (Wildman–Crippen MR) is 112 cm³/mol. The number of guanidine groups is 1. The van der Waals surface area contributed by atoms with E-state index in [1.54, 1.807) is 0 Å². The molecular formula is C20H37N7O. The number of aromatic nitrogens is 3. The van der Waals surface area contributed by atoms with Gasteiger partial charge in [0, 0.05) is 51.7 Å². The Morgan fingerprint density at radius 2 is 2.04 bits per heavy atom. The second-order valence-corrected chi connectivity index (χ2v) is 7.74. The maximum atomic E-state index is 5.42. The number of aryl methyl sites for hydroxylation is 1. The van der Waals surface area contributed by atoms with E-state index in [-0.39, 0.29) is 0 Å². The van der Waals surface area contributed by atoms with Crippen molar-refractivity contribution in [3.63, 3.8) is 0 Å². The summed E-state index contributed by atoms with van der Waals surface area (Å²) >= 11 is 0. The Bertz CT molecular complexity index is 577. The molecule has 8 heteroatoms. The fraction of sp³-hybridized carbons (Fsp3) is 0.850. The molecule has 0 spiro atoms. The predicted octanol–water partition coefficient (Wildman–Crippen LogP) is 1.43. The molecule has 2 N–H and O–H groups in total. The topological polar surface area (TPSA) is 79.6 Å². The summed E-state index contributed by atoms with van der Waals surface area (Å²) in [7, 11) is 0. The van der Waals surface area contributed by atoms with Crippen LogP contribution < -0.4 is 10.6 Å². The van der Waals surface area contributed by atoms with Crippen molar-refractivity contribution in [3.8, 4) is 0 Å². The van der Waals surface area contributed by atoms with E-state index in [1.165, 1.54) is 32.1 Å². The summed E-state index contributed by atoms with van der Waals surface area (Å²) in [6, 6.07) is 0.556. The molecule has 3 rings (SSSR count). The number of morpholine rings is 1. The lowest BCUT2D eigenvalue weighted by Gasteiger charge is -2.26. The zero-order chi connectivity index (χ0) is 19.4. The van der Waals surface area contributed by atoms with Crippen LogP contribution in [0.4, 0.5) is 0 Å². The van der Waals surface area contributed by atoms with Gasteiger partial charge in [0.15, 0.2) is 5.96 Å². The van der Waals surface area contributed by atoms with Gasteiger partial charge in [0.1, 0.15) is 12.2 Å². The zero-order valence-electron chi connectivity index (χ0n) is 17.4. The molecule has 0 amide bonds. The highest BCUT2D eigenvalue weighted by molar-refractivity contribution is 5.80. The minimum Gasteiger partial charge on any atom is -0.379 e. The van der Waals surface area contributed by atoms with E-state index in [0.717, 1.165) is 77.1 Å². The fourth-order valence-corrected chi connectivity index (χ4v) is 3.94. The van der Waals surface area contributed by atoms with Gasteiger partial charge in [-0.05, 0) is 19.3 Å². The third-order valence-electron chi connectivity index (χ3n) is 5.61. The first-order valence-electron chi connectivity index (χ1n) is 11.1. The Morgan fingerprint density at radius 1 is 1.21 bits per heavy atom. The quantitative estimate of drug-likeness (QED) is 0.377. The van der Waals surface area contributed by atoms with Gasteiger partial charge in [-0.15, -0.1) is 10.2 Å². The Kier molecular flexibility index (Phi) is 9.03. The van der Waals surface area contributed by atoms with Crippen LogP contribution in [0, 0.1) is 0 Å². The van der Waals surface area contributed by atoms with E-state index in [2.05, 4.69) is 37.2 Å². The average Bonchev–Trinajstić information content (AvgIpc) is 3.20. The highest BCUT2D eigenvalue weighted by Gasteiger charge is 2.15. The first-order valence-corrected chi connectivity index (χ1v) is 11.1. The molecule has 0 bridgehead atoms. The van der Waals surface area contributed by atoms with Gasteiger partial charge in [0.2, 0.25) is 0 Å². The normalized spacial score (nSPS) is 19.7. The molecule has 1 aromatic rings. The molecule has 2 aliphatic rings. The molecule has 0 aromatic carbocycles. The van der Waals surface area contributed by atoms with Gasteiger partial charge in [-0.1, -0.05) is 26.2 Å². The van der Waals surface area contributed by atoms with Gasteiger partial charge in [-0.3, -0.25) is 9.89 Å². The van der Waals surface area contributed by atoms with E-state index in [4.69, 9.17) is 9.73 Å². The summed E-state index contributed by atoms with van der Waals surface area (Å²) in [5.41, 5.74) is 0. The van der Waals surface area contributed by atoms with Crippen molar-refractivity contribution < 1.29 is 4.74 Å². The third kappa shape index (κ3) is 7.05. The van der Waals surface area contributed by atoms with Crippen LogP contribution in [0.15, 0.2) is 11.3 Å². The van der Waals surface area contributed by atoms with Gasteiger partial charge in [-0.25, -0.2) is 0 Å². The van der Waals surface area contributed by atoms with Crippen LogP contribution in [0.3, 0.4) is 0 Å². The van der Waals surface area contributed by atoms with E-state index >= 15 is 0 Å². The molecule has 2 heterocycles. The van der Waals surface area contributed by atoms with Gasteiger partial charge in [-0.2, -0.15) is 0 Å². The molecule has 1 saturated carbocycles. The summed E-state index contributed by atoms with van der Waals surface area (Å²) in [6.07, 6.45) is 10.3. The maximum absolute atomic E-state index is 5.42. The number of nitrogens with one attached hydrogen (secondary N) is 2. The molecule has 0 atom stereocenters. The molecule has 1 aliphatic carbocycles. The van der Waals surface area contributed by atoms with Gasteiger partial charge >= 0.3 is 0 Å². The number of ether oxygens (including phenoxy) is 1. The summed E-state index contributed by atoms with van der Waals surface area (Å²) in [5, 5.41) is 15.4. The molecule has 28 heavy (non-hydrogen) atoms. The van der Waals surface area contributed by atoms with Crippen molar-refractivity contribution in [2.45, 2.75) is 64.5 Å². The van der Waals surface area contributed by atoms with Crippen molar-refractivity contribution in [2.75, 3.05) is 45.9 Å². The van der Waals surface area contributed by atoms with Crippen LogP contribution in [-0.2, 0) is 17.7 Å². The molecule has 0 radical (unpaired) electrons. The molecule has 8 nitrogen and oxygen atoms in total. The summed E-state index contributed by atoms with van der Waals surface area (Å²) in [5.74, 6) is 1.99.